The fourth-order valence-electron chi connectivity index (χ4n) is 3.62. The monoisotopic (exact) mass is 440 g/mol. The maximum atomic E-state index is 12.3. The van der Waals surface area contributed by atoms with E-state index < -0.39 is 5.97 Å². The van der Waals surface area contributed by atoms with E-state index >= 15 is 0 Å². The van der Waals surface area contributed by atoms with Crippen LogP contribution in [0.15, 0.2) is 48.5 Å². The van der Waals surface area contributed by atoms with Crippen molar-refractivity contribution < 1.29 is 19.4 Å². The molecule has 0 radical (unpaired) electrons. The SMILES string of the molecule is CCCCC(Cc1ccc(OCCNC(=O)c2ccc(N(CC)CC)cc2)cc1)C(=O)O. The Morgan fingerprint density at radius 3 is 2.22 bits per heavy atom. The summed E-state index contributed by atoms with van der Waals surface area (Å²) in [4.78, 5) is 26.0. The molecule has 1 amide bonds. The Hall–Kier alpha value is -3.02. The number of nitrogens with one attached hydrogen (secondary N) is 1. The summed E-state index contributed by atoms with van der Waals surface area (Å²) in [5.74, 6) is -0.510. The molecule has 0 fully saturated rings. The van der Waals surface area contributed by atoms with Gasteiger partial charge in [0, 0.05) is 24.3 Å². The number of carbonyl (C=O) groups excluding carboxylic acids is 1. The van der Waals surface area contributed by atoms with Gasteiger partial charge in [0.25, 0.3) is 5.91 Å². The second kappa shape index (κ2) is 13.4. The minimum atomic E-state index is -0.739. The van der Waals surface area contributed by atoms with E-state index in [1.54, 1.807) is 0 Å². The zero-order valence-electron chi connectivity index (χ0n) is 19.5. The van der Waals surface area contributed by atoms with Crippen molar-refractivity contribution in [1.82, 2.24) is 5.32 Å². The van der Waals surface area contributed by atoms with E-state index in [0.717, 1.165) is 37.2 Å². The third-order valence-electron chi connectivity index (χ3n) is 5.58. The number of aliphatic carboxylic acids is 1. The molecule has 174 valence electrons. The van der Waals surface area contributed by atoms with Crippen LogP contribution in [0.3, 0.4) is 0 Å². The topological polar surface area (TPSA) is 78.9 Å². The van der Waals surface area contributed by atoms with Gasteiger partial charge in [-0.2, -0.15) is 0 Å². The largest absolute Gasteiger partial charge is 0.492 e. The molecule has 1 atom stereocenters. The molecule has 2 aromatic rings. The molecule has 0 aliphatic rings. The number of rotatable bonds is 14. The number of amides is 1. The summed E-state index contributed by atoms with van der Waals surface area (Å²) in [7, 11) is 0. The third kappa shape index (κ3) is 7.91. The van der Waals surface area contributed by atoms with Gasteiger partial charge in [-0.1, -0.05) is 31.9 Å². The second-order valence-corrected chi connectivity index (χ2v) is 7.85. The lowest BCUT2D eigenvalue weighted by molar-refractivity contribution is -0.142. The Balaban J connectivity index is 1.76. The van der Waals surface area contributed by atoms with Crippen molar-refractivity contribution in [2.24, 2.45) is 5.92 Å². The molecular weight excluding hydrogens is 404 g/mol. The van der Waals surface area contributed by atoms with Crippen molar-refractivity contribution in [3.63, 3.8) is 0 Å². The molecular formula is C26H36N2O4. The van der Waals surface area contributed by atoms with Crippen LogP contribution in [0.1, 0.15) is 56.0 Å². The molecule has 2 N–H and O–H groups in total. The zero-order valence-corrected chi connectivity index (χ0v) is 19.5. The molecule has 0 saturated carbocycles. The van der Waals surface area contributed by atoms with Gasteiger partial charge in [0.15, 0.2) is 0 Å². The van der Waals surface area contributed by atoms with Gasteiger partial charge < -0.3 is 20.1 Å². The summed E-state index contributed by atoms with van der Waals surface area (Å²) in [6, 6.07) is 15.1. The fraction of sp³-hybridized carbons (Fsp3) is 0.462. The minimum absolute atomic E-state index is 0.123. The lowest BCUT2D eigenvalue weighted by atomic mass is 9.94. The molecule has 0 aliphatic heterocycles. The highest BCUT2D eigenvalue weighted by Crippen LogP contribution is 2.19. The Labute approximate surface area is 191 Å². The number of carboxylic acid groups (broad SMARTS) is 1. The molecule has 0 spiro atoms. The number of carboxylic acids is 1. The lowest BCUT2D eigenvalue weighted by Crippen LogP contribution is -2.28. The van der Waals surface area contributed by atoms with Gasteiger partial charge in [-0.25, -0.2) is 0 Å². The molecule has 6 nitrogen and oxygen atoms in total. The van der Waals surface area contributed by atoms with E-state index in [1.165, 1.54) is 0 Å². The van der Waals surface area contributed by atoms with E-state index in [4.69, 9.17) is 4.74 Å². The molecule has 0 aromatic heterocycles. The predicted molar refractivity (Wildman–Crippen MR) is 129 cm³/mol. The van der Waals surface area contributed by atoms with E-state index in [-0.39, 0.29) is 11.8 Å². The summed E-state index contributed by atoms with van der Waals surface area (Å²) < 4.78 is 5.71. The van der Waals surface area contributed by atoms with Crippen molar-refractivity contribution in [2.45, 2.75) is 46.5 Å². The molecule has 0 heterocycles. The second-order valence-electron chi connectivity index (χ2n) is 7.85. The normalized spacial score (nSPS) is 11.6. The Bertz CT molecular complexity index is 830. The molecule has 2 aromatic carbocycles. The number of hydrogen-bond donors (Lipinski definition) is 2. The molecule has 1 unspecified atom stereocenters. The quantitative estimate of drug-likeness (QED) is 0.414. The van der Waals surface area contributed by atoms with Crippen LogP contribution in [-0.4, -0.2) is 43.2 Å². The van der Waals surface area contributed by atoms with Crippen LogP contribution in [0.5, 0.6) is 5.75 Å². The van der Waals surface area contributed by atoms with Gasteiger partial charge in [0.1, 0.15) is 12.4 Å². The van der Waals surface area contributed by atoms with Crippen LogP contribution in [0, 0.1) is 5.92 Å². The van der Waals surface area contributed by atoms with Gasteiger partial charge in [-0.3, -0.25) is 9.59 Å². The summed E-state index contributed by atoms with van der Waals surface area (Å²) in [6.45, 7) is 8.90. The predicted octanol–water partition coefficient (Wildman–Crippen LogP) is 4.78. The van der Waals surface area contributed by atoms with Crippen LogP contribution in [0.25, 0.3) is 0 Å². The molecule has 0 aliphatic carbocycles. The molecule has 0 bridgehead atoms. The van der Waals surface area contributed by atoms with Crippen molar-refractivity contribution >= 4 is 17.6 Å². The summed E-state index contributed by atoms with van der Waals surface area (Å²) in [5.41, 5.74) is 2.72. The number of ether oxygens (including phenoxy) is 1. The average molecular weight is 441 g/mol. The number of unbranched alkanes of at least 4 members (excludes halogenated alkanes) is 1. The molecule has 32 heavy (non-hydrogen) atoms. The summed E-state index contributed by atoms with van der Waals surface area (Å²) >= 11 is 0. The van der Waals surface area contributed by atoms with Crippen LogP contribution in [-0.2, 0) is 11.2 Å². The van der Waals surface area contributed by atoms with E-state index in [0.29, 0.717) is 37.3 Å². The maximum absolute atomic E-state index is 12.3. The Morgan fingerprint density at radius 1 is 1.00 bits per heavy atom. The van der Waals surface area contributed by atoms with Crippen molar-refractivity contribution in [1.29, 1.82) is 0 Å². The minimum Gasteiger partial charge on any atom is -0.492 e. The first-order valence-electron chi connectivity index (χ1n) is 11.6. The number of benzene rings is 2. The van der Waals surface area contributed by atoms with Gasteiger partial charge in [0.05, 0.1) is 12.5 Å². The average Bonchev–Trinajstić information content (AvgIpc) is 2.81. The van der Waals surface area contributed by atoms with Gasteiger partial charge in [-0.15, -0.1) is 0 Å². The zero-order chi connectivity index (χ0) is 23.3. The molecule has 0 saturated heterocycles. The highest BCUT2D eigenvalue weighted by atomic mass is 16.5. The summed E-state index contributed by atoms with van der Waals surface area (Å²) in [6.07, 6.45) is 3.14. The van der Waals surface area contributed by atoms with E-state index in [2.05, 4.69) is 31.0 Å². The fourth-order valence-corrected chi connectivity index (χ4v) is 3.62. The standard InChI is InChI=1S/C26H36N2O4/c1-4-7-8-22(26(30)31)19-20-9-15-24(16-10-20)32-18-17-27-25(29)21-11-13-23(14-12-21)28(5-2)6-3/h9-16,22H,4-8,17-19H2,1-3H3,(H,27,29)(H,30,31). The number of anilines is 1. The maximum Gasteiger partial charge on any atom is 0.306 e. The van der Waals surface area contributed by atoms with Crippen LogP contribution < -0.4 is 15.0 Å². The van der Waals surface area contributed by atoms with E-state index in [1.807, 2.05) is 48.5 Å². The van der Waals surface area contributed by atoms with Gasteiger partial charge >= 0.3 is 5.97 Å². The first kappa shape index (κ1) is 25.2. The number of hydrogen-bond acceptors (Lipinski definition) is 4. The Morgan fingerprint density at radius 2 is 1.66 bits per heavy atom. The third-order valence-corrected chi connectivity index (χ3v) is 5.58. The molecule has 6 heteroatoms. The highest BCUT2D eigenvalue weighted by Gasteiger charge is 2.17. The van der Waals surface area contributed by atoms with Crippen molar-refractivity contribution in [2.75, 3.05) is 31.1 Å². The lowest BCUT2D eigenvalue weighted by Gasteiger charge is -2.21. The first-order valence-corrected chi connectivity index (χ1v) is 11.6. The van der Waals surface area contributed by atoms with Gasteiger partial charge in [0.2, 0.25) is 0 Å². The first-order chi connectivity index (χ1) is 15.5. The summed E-state index contributed by atoms with van der Waals surface area (Å²) in [5, 5.41) is 12.3. The van der Waals surface area contributed by atoms with Crippen molar-refractivity contribution in [3.8, 4) is 5.75 Å². The number of carbonyl (C=O) groups is 2. The number of nitrogens with zero attached hydrogens (tertiary/aromatic N) is 1. The van der Waals surface area contributed by atoms with Crippen molar-refractivity contribution in [3.05, 3.63) is 59.7 Å². The smallest absolute Gasteiger partial charge is 0.306 e. The Kier molecular flexibility index (Phi) is 10.6. The van der Waals surface area contributed by atoms with Crippen LogP contribution >= 0.6 is 0 Å². The molecule has 2 rings (SSSR count). The van der Waals surface area contributed by atoms with Gasteiger partial charge in [-0.05, 0) is 68.7 Å². The van der Waals surface area contributed by atoms with Crippen LogP contribution in [0.4, 0.5) is 5.69 Å². The van der Waals surface area contributed by atoms with E-state index in [9.17, 15) is 14.7 Å². The highest BCUT2D eigenvalue weighted by molar-refractivity contribution is 5.94. The van der Waals surface area contributed by atoms with Crippen LogP contribution in [0.2, 0.25) is 0 Å².